The molecule has 3 atom stereocenters. The summed E-state index contributed by atoms with van der Waals surface area (Å²) in [5, 5.41) is 12.2. The van der Waals surface area contributed by atoms with E-state index in [2.05, 4.69) is 20.3 Å². The number of H-pyrrole nitrogens is 1. The Bertz CT molecular complexity index is 1800. The fourth-order valence-electron chi connectivity index (χ4n) is 6.67. The Morgan fingerprint density at radius 3 is 2.42 bits per heavy atom. The number of nitrogen functional groups attached to an aromatic ring is 1. The van der Waals surface area contributed by atoms with E-state index in [-0.39, 0.29) is 41.3 Å². The number of piperidine rings is 1. The van der Waals surface area contributed by atoms with Gasteiger partial charge >= 0.3 is 0 Å². The topological polar surface area (TPSA) is 157 Å². The number of amides is 1. The van der Waals surface area contributed by atoms with Crippen LogP contribution in [-0.4, -0.2) is 70.0 Å². The molecule has 0 unspecified atom stereocenters. The van der Waals surface area contributed by atoms with Crippen LogP contribution >= 0.6 is 0 Å². The van der Waals surface area contributed by atoms with Gasteiger partial charge in [-0.3, -0.25) is 14.6 Å². The minimum atomic E-state index is -0.159. The minimum Gasteiger partial charge on any atom is -0.494 e. The molecule has 2 fully saturated rings. The van der Waals surface area contributed by atoms with Crippen molar-refractivity contribution in [2.75, 3.05) is 12.3 Å². The summed E-state index contributed by atoms with van der Waals surface area (Å²) in [5.74, 6) is 0.995. The number of pyridine rings is 1. The summed E-state index contributed by atoms with van der Waals surface area (Å²) in [6, 6.07) is 11.8. The first kappa shape index (κ1) is 26.7. The van der Waals surface area contributed by atoms with Crippen molar-refractivity contribution in [1.82, 2.24) is 39.7 Å². The van der Waals surface area contributed by atoms with E-state index in [1.165, 1.54) is 17.8 Å². The highest BCUT2D eigenvalue weighted by molar-refractivity contribution is 6.00. The maximum absolute atomic E-state index is 13.2. The average Bonchev–Trinajstić information content (AvgIpc) is 3.76. The van der Waals surface area contributed by atoms with Crippen LogP contribution in [0, 0.1) is 0 Å². The van der Waals surface area contributed by atoms with Gasteiger partial charge in [0, 0.05) is 40.9 Å². The lowest BCUT2D eigenvalue weighted by atomic mass is 9.85. The summed E-state index contributed by atoms with van der Waals surface area (Å²) in [5.41, 5.74) is 11.7. The second kappa shape index (κ2) is 10.6. The van der Waals surface area contributed by atoms with Crippen LogP contribution in [0.4, 0.5) is 5.82 Å². The van der Waals surface area contributed by atoms with Crippen LogP contribution in [0.25, 0.3) is 28.0 Å². The molecular formula is C31H31N9O3. The second-order valence-electron chi connectivity index (χ2n) is 11.1. The number of nitrogens with one attached hydrogen (secondary N) is 1. The first-order valence-electron chi connectivity index (χ1n) is 14.5. The van der Waals surface area contributed by atoms with Crippen LogP contribution in [0.5, 0.6) is 5.75 Å². The second-order valence-corrected chi connectivity index (χ2v) is 11.1. The number of anilines is 1. The molecule has 4 aromatic heterocycles. The van der Waals surface area contributed by atoms with Gasteiger partial charge in [0.1, 0.15) is 17.9 Å². The molecule has 2 saturated heterocycles. The van der Waals surface area contributed by atoms with Gasteiger partial charge in [-0.2, -0.15) is 9.61 Å². The normalized spacial score (nSPS) is 19.6. The third-order valence-corrected chi connectivity index (χ3v) is 8.57. The Morgan fingerprint density at radius 2 is 1.79 bits per heavy atom. The van der Waals surface area contributed by atoms with E-state index in [9.17, 15) is 9.59 Å². The predicted octanol–water partition coefficient (Wildman–Crippen LogP) is 4.31. The molecule has 1 aromatic carbocycles. The van der Waals surface area contributed by atoms with Crippen molar-refractivity contribution in [1.29, 1.82) is 0 Å². The summed E-state index contributed by atoms with van der Waals surface area (Å²) in [7, 11) is 0. The number of hydrogen-bond acceptors (Lipinski definition) is 9. The zero-order valence-corrected chi connectivity index (χ0v) is 23.9. The highest BCUT2D eigenvalue weighted by Gasteiger charge is 2.45. The van der Waals surface area contributed by atoms with Crippen molar-refractivity contribution < 1.29 is 14.3 Å². The molecule has 218 valence electrons. The number of nitrogens with zero attached hydrogens (tertiary/aromatic N) is 7. The molecule has 0 aliphatic carbocycles. The number of aromatic amines is 1. The monoisotopic (exact) mass is 577 g/mol. The Kier molecular flexibility index (Phi) is 6.60. The summed E-state index contributed by atoms with van der Waals surface area (Å²) in [6.07, 6.45) is 8.06. The van der Waals surface area contributed by atoms with Crippen LogP contribution in [0.15, 0.2) is 55.1 Å². The lowest BCUT2D eigenvalue weighted by Gasteiger charge is -2.38. The van der Waals surface area contributed by atoms with E-state index in [0.29, 0.717) is 36.4 Å². The molecule has 6 heterocycles. The van der Waals surface area contributed by atoms with Gasteiger partial charge in [-0.1, -0.05) is 6.07 Å². The summed E-state index contributed by atoms with van der Waals surface area (Å²) in [6.45, 7) is 4.08. The number of aromatic nitrogens is 7. The van der Waals surface area contributed by atoms with Gasteiger partial charge in [0.25, 0.3) is 5.91 Å². The molecule has 1 amide bonds. The summed E-state index contributed by atoms with van der Waals surface area (Å²) < 4.78 is 7.08. The molecule has 2 bridgehead atoms. The van der Waals surface area contributed by atoms with E-state index >= 15 is 0 Å². The number of hydrogen-bond donors (Lipinski definition) is 2. The maximum atomic E-state index is 13.2. The molecule has 2 aliphatic heterocycles. The fraction of sp³-hybridized carbons (Fsp3) is 0.323. The number of fused-ring (bicyclic) bond motifs is 3. The highest BCUT2D eigenvalue weighted by Crippen LogP contribution is 2.45. The van der Waals surface area contributed by atoms with Crippen LogP contribution in [0.1, 0.15) is 72.1 Å². The zero-order valence-electron chi connectivity index (χ0n) is 23.9. The molecule has 12 heteroatoms. The highest BCUT2D eigenvalue weighted by atomic mass is 16.5. The molecule has 7 rings (SSSR count). The fourth-order valence-corrected chi connectivity index (χ4v) is 6.67. The third kappa shape index (κ3) is 4.59. The number of Topliss-reactive ketones (excluding diaryl/α,β-unsaturated/α-hetero) is 1. The number of benzene rings is 1. The smallest absolute Gasteiger partial charge is 0.292 e. The summed E-state index contributed by atoms with van der Waals surface area (Å²) >= 11 is 0. The number of carbonyl (C=O) groups is 2. The van der Waals surface area contributed by atoms with E-state index in [0.717, 1.165) is 41.0 Å². The Morgan fingerprint density at radius 1 is 1.05 bits per heavy atom. The number of nitrogens with two attached hydrogens (primary N) is 1. The van der Waals surface area contributed by atoms with Crippen molar-refractivity contribution >= 4 is 23.2 Å². The Labute approximate surface area is 247 Å². The lowest BCUT2D eigenvalue weighted by molar-refractivity contribution is 0.0556. The van der Waals surface area contributed by atoms with E-state index in [1.807, 2.05) is 48.2 Å². The number of carbonyl (C=O) groups excluding carboxylic acids is 2. The molecule has 0 spiro atoms. The van der Waals surface area contributed by atoms with Crippen molar-refractivity contribution in [3.8, 4) is 28.1 Å². The van der Waals surface area contributed by atoms with Crippen LogP contribution in [0.2, 0.25) is 0 Å². The van der Waals surface area contributed by atoms with Gasteiger partial charge < -0.3 is 20.4 Å². The quantitative estimate of drug-likeness (QED) is 0.269. The van der Waals surface area contributed by atoms with Gasteiger partial charge in [0.05, 0.1) is 29.8 Å². The minimum absolute atomic E-state index is 0.0177. The van der Waals surface area contributed by atoms with Gasteiger partial charge in [-0.05, 0) is 69.9 Å². The molecule has 43 heavy (non-hydrogen) atoms. The lowest BCUT2D eigenvalue weighted by Crippen LogP contribution is -2.46. The predicted molar refractivity (Wildman–Crippen MR) is 159 cm³/mol. The first-order valence-corrected chi connectivity index (χ1v) is 14.5. The van der Waals surface area contributed by atoms with E-state index < -0.39 is 0 Å². The first-order chi connectivity index (χ1) is 20.9. The Balaban J connectivity index is 1.22. The van der Waals surface area contributed by atoms with Crippen LogP contribution < -0.4 is 10.5 Å². The van der Waals surface area contributed by atoms with Gasteiger partial charge in [-0.15, -0.1) is 10.2 Å². The third-order valence-electron chi connectivity index (χ3n) is 8.57. The van der Waals surface area contributed by atoms with Gasteiger partial charge in [0.15, 0.2) is 11.4 Å². The SMILES string of the molecule is CCOc1ccc(-c2ccc(-c3cnn4c(N)c(C(C)=O)c([C@@H]5C[C@H]6CC[C@@H](C5)N6C(=O)c5nnc[nH]5)nc34)cn2)cc1. The molecule has 3 N–H and O–H groups in total. The van der Waals surface area contributed by atoms with Crippen molar-refractivity contribution in [3.63, 3.8) is 0 Å². The molecule has 0 saturated carbocycles. The van der Waals surface area contributed by atoms with Crippen molar-refractivity contribution in [3.05, 3.63) is 72.2 Å². The number of rotatable bonds is 7. The maximum Gasteiger partial charge on any atom is 0.292 e. The largest absolute Gasteiger partial charge is 0.494 e. The number of ether oxygens (including phenoxy) is 1. The molecule has 5 aromatic rings. The van der Waals surface area contributed by atoms with Crippen LogP contribution in [-0.2, 0) is 0 Å². The summed E-state index contributed by atoms with van der Waals surface area (Å²) in [4.78, 5) is 40.6. The van der Waals surface area contributed by atoms with Crippen molar-refractivity contribution in [2.24, 2.45) is 0 Å². The number of ketones is 1. The van der Waals surface area contributed by atoms with Gasteiger partial charge in [-0.25, -0.2) is 4.98 Å². The van der Waals surface area contributed by atoms with Crippen LogP contribution in [0.3, 0.4) is 0 Å². The molecule has 0 radical (unpaired) electrons. The van der Waals surface area contributed by atoms with Gasteiger partial charge in [0.2, 0.25) is 5.82 Å². The average molecular weight is 578 g/mol. The zero-order chi connectivity index (χ0) is 29.7. The molecule has 2 aliphatic rings. The van der Waals surface area contributed by atoms with E-state index in [4.69, 9.17) is 20.4 Å². The standard InChI is InChI=1S/C31H31N9O3/c1-3-43-23-9-4-18(5-10-23)25-11-6-19(14-33-25)24-15-36-40-28(32)26(17(2)41)27(37-30(24)40)20-12-21-7-8-22(13-20)39(21)31(42)29-34-16-35-38-29/h4-6,9-11,14-16,20-22H,3,7-8,12-13,32H2,1-2H3,(H,34,35,38)/t20-,21-,22+. The Hall–Kier alpha value is -5.13. The van der Waals surface area contributed by atoms with E-state index in [1.54, 1.807) is 12.4 Å². The molecule has 12 nitrogen and oxygen atoms in total. The molecular weight excluding hydrogens is 546 g/mol. The van der Waals surface area contributed by atoms with Crippen molar-refractivity contribution in [2.45, 2.75) is 57.5 Å².